The molecule has 0 bridgehead atoms. The molecule has 0 aromatic rings. The first-order valence-electron chi connectivity index (χ1n) is 7.91. The summed E-state index contributed by atoms with van der Waals surface area (Å²) in [5.41, 5.74) is 6.68. The van der Waals surface area contributed by atoms with Gasteiger partial charge in [-0.2, -0.15) is 0 Å². The molecular weight excluding hydrogens is 220 g/mol. The van der Waals surface area contributed by atoms with Crippen LogP contribution in [0.1, 0.15) is 71.6 Å². The summed E-state index contributed by atoms with van der Waals surface area (Å²) in [6.45, 7) is 5.67. The van der Waals surface area contributed by atoms with Gasteiger partial charge in [0, 0.05) is 12.5 Å². The first-order valence-corrected chi connectivity index (χ1v) is 7.91. The summed E-state index contributed by atoms with van der Waals surface area (Å²) in [7, 11) is 0. The standard InChI is InChI=1S/C16H30N2/c1-13(2)11-16(9-5-6-10-16)12-18-15(17)14-7-3-4-8-14/h13-14H,3-12H2,1-2H3,(H2,17,18). The number of hydrogen-bond acceptors (Lipinski definition) is 1. The third-order valence-corrected chi connectivity index (χ3v) is 4.88. The topological polar surface area (TPSA) is 38.4 Å². The summed E-state index contributed by atoms with van der Waals surface area (Å²) in [6.07, 6.45) is 12.1. The monoisotopic (exact) mass is 250 g/mol. The third kappa shape index (κ3) is 3.49. The van der Waals surface area contributed by atoms with Crippen molar-refractivity contribution in [3.63, 3.8) is 0 Å². The number of nitrogens with two attached hydrogens (primary N) is 1. The largest absolute Gasteiger partial charge is 0.387 e. The predicted molar refractivity (Wildman–Crippen MR) is 78.8 cm³/mol. The summed E-state index contributed by atoms with van der Waals surface area (Å²) >= 11 is 0. The van der Waals surface area contributed by atoms with Crippen molar-refractivity contribution >= 4 is 5.84 Å². The van der Waals surface area contributed by atoms with Crippen molar-refractivity contribution in [1.82, 2.24) is 0 Å². The minimum atomic E-state index is 0.484. The van der Waals surface area contributed by atoms with Crippen LogP contribution in [0.15, 0.2) is 4.99 Å². The Bertz CT molecular complexity index is 281. The average Bonchev–Trinajstić information content (AvgIpc) is 2.96. The molecular formula is C16H30N2. The molecule has 0 heterocycles. The second kappa shape index (κ2) is 6.08. The molecule has 2 aliphatic rings. The number of rotatable bonds is 5. The van der Waals surface area contributed by atoms with Crippen LogP contribution in [-0.4, -0.2) is 12.4 Å². The second-order valence-corrected chi connectivity index (χ2v) is 7.03. The Hall–Kier alpha value is -0.530. The van der Waals surface area contributed by atoms with Gasteiger partial charge in [-0.3, -0.25) is 4.99 Å². The highest BCUT2D eigenvalue weighted by Gasteiger charge is 2.34. The van der Waals surface area contributed by atoms with Gasteiger partial charge in [0.25, 0.3) is 0 Å². The number of hydrogen-bond donors (Lipinski definition) is 1. The molecule has 0 atom stereocenters. The highest BCUT2D eigenvalue weighted by atomic mass is 14.9. The minimum Gasteiger partial charge on any atom is -0.387 e. The van der Waals surface area contributed by atoms with E-state index in [2.05, 4.69) is 13.8 Å². The molecule has 104 valence electrons. The van der Waals surface area contributed by atoms with Crippen LogP contribution in [-0.2, 0) is 0 Å². The van der Waals surface area contributed by atoms with E-state index in [9.17, 15) is 0 Å². The average molecular weight is 250 g/mol. The van der Waals surface area contributed by atoms with Crippen LogP contribution in [0.5, 0.6) is 0 Å². The van der Waals surface area contributed by atoms with E-state index in [4.69, 9.17) is 10.7 Å². The van der Waals surface area contributed by atoms with Crippen molar-refractivity contribution in [2.45, 2.75) is 71.6 Å². The summed E-state index contributed by atoms with van der Waals surface area (Å²) in [4.78, 5) is 4.81. The van der Waals surface area contributed by atoms with Crippen molar-refractivity contribution in [3.05, 3.63) is 0 Å². The van der Waals surface area contributed by atoms with E-state index >= 15 is 0 Å². The quantitative estimate of drug-likeness (QED) is 0.578. The van der Waals surface area contributed by atoms with Crippen LogP contribution in [0.2, 0.25) is 0 Å². The molecule has 18 heavy (non-hydrogen) atoms. The van der Waals surface area contributed by atoms with Gasteiger partial charge in [0.15, 0.2) is 0 Å². The van der Waals surface area contributed by atoms with Gasteiger partial charge in [-0.1, -0.05) is 39.5 Å². The lowest BCUT2D eigenvalue weighted by atomic mass is 9.78. The van der Waals surface area contributed by atoms with Crippen molar-refractivity contribution in [2.75, 3.05) is 6.54 Å². The van der Waals surface area contributed by atoms with E-state index in [-0.39, 0.29) is 0 Å². The second-order valence-electron chi connectivity index (χ2n) is 7.03. The lowest BCUT2D eigenvalue weighted by Crippen LogP contribution is -2.27. The zero-order valence-corrected chi connectivity index (χ0v) is 12.3. The van der Waals surface area contributed by atoms with Crippen molar-refractivity contribution in [2.24, 2.45) is 28.0 Å². The third-order valence-electron chi connectivity index (χ3n) is 4.88. The lowest BCUT2D eigenvalue weighted by molar-refractivity contribution is 0.245. The Morgan fingerprint density at radius 2 is 1.78 bits per heavy atom. The molecule has 2 aliphatic carbocycles. The van der Waals surface area contributed by atoms with E-state index in [1.165, 1.54) is 57.8 Å². The number of amidine groups is 1. The van der Waals surface area contributed by atoms with Crippen molar-refractivity contribution in [1.29, 1.82) is 0 Å². The van der Waals surface area contributed by atoms with Crippen LogP contribution in [0.25, 0.3) is 0 Å². The first-order chi connectivity index (χ1) is 8.61. The molecule has 0 aromatic heterocycles. The van der Waals surface area contributed by atoms with E-state index < -0.39 is 0 Å². The fourth-order valence-electron chi connectivity index (χ4n) is 4.03. The number of nitrogens with zero attached hydrogens (tertiary/aromatic N) is 1. The van der Waals surface area contributed by atoms with Crippen LogP contribution in [0.4, 0.5) is 0 Å². The van der Waals surface area contributed by atoms with Crippen LogP contribution in [0, 0.1) is 17.3 Å². The molecule has 0 unspecified atom stereocenters. The Balaban J connectivity index is 1.94. The van der Waals surface area contributed by atoms with Gasteiger partial charge in [-0.15, -0.1) is 0 Å². The molecule has 2 saturated carbocycles. The highest BCUT2D eigenvalue weighted by Crippen LogP contribution is 2.43. The van der Waals surface area contributed by atoms with E-state index in [0.29, 0.717) is 11.3 Å². The molecule has 0 spiro atoms. The maximum Gasteiger partial charge on any atom is 0.0968 e. The smallest absolute Gasteiger partial charge is 0.0968 e. The summed E-state index contributed by atoms with van der Waals surface area (Å²) in [6, 6.07) is 0. The Morgan fingerprint density at radius 3 is 2.33 bits per heavy atom. The molecule has 0 radical (unpaired) electrons. The molecule has 0 amide bonds. The Kier molecular flexibility index (Phi) is 4.69. The fraction of sp³-hybridized carbons (Fsp3) is 0.938. The summed E-state index contributed by atoms with van der Waals surface area (Å²) in [5.74, 6) is 2.34. The zero-order chi connectivity index (χ0) is 13.0. The van der Waals surface area contributed by atoms with Crippen LogP contribution >= 0.6 is 0 Å². The van der Waals surface area contributed by atoms with Crippen LogP contribution < -0.4 is 5.73 Å². The molecule has 0 aromatic carbocycles. The van der Waals surface area contributed by atoms with Crippen molar-refractivity contribution in [3.8, 4) is 0 Å². The van der Waals surface area contributed by atoms with E-state index in [1.54, 1.807) is 0 Å². The molecule has 0 aliphatic heterocycles. The predicted octanol–water partition coefficient (Wildman–Crippen LogP) is 4.14. The van der Waals surface area contributed by atoms with Gasteiger partial charge in [-0.25, -0.2) is 0 Å². The minimum absolute atomic E-state index is 0.484. The van der Waals surface area contributed by atoms with Gasteiger partial charge in [0.05, 0.1) is 5.84 Å². The van der Waals surface area contributed by atoms with Gasteiger partial charge in [0.1, 0.15) is 0 Å². The van der Waals surface area contributed by atoms with Gasteiger partial charge < -0.3 is 5.73 Å². The summed E-state index contributed by atoms with van der Waals surface area (Å²) in [5, 5.41) is 0. The molecule has 2 fully saturated rings. The lowest BCUT2D eigenvalue weighted by Gasteiger charge is -2.29. The maximum absolute atomic E-state index is 6.20. The zero-order valence-electron chi connectivity index (χ0n) is 12.3. The molecule has 2 nitrogen and oxygen atoms in total. The normalized spacial score (nSPS) is 25.2. The Morgan fingerprint density at radius 1 is 1.17 bits per heavy atom. The van der Waals surface area contributed by atoms with Gasteiger partial charge in [0.2, 0.25) is 0 Å². The highest BCUT2D eigenvalue weighted by molar-refractivity contribution is 5.83. The number of aliphatic imine (C=N–C) groups is 1. The first kappa shape index (κ1) is 13.9. The van der Waals surface area contributed by atoms with Gasteiger partial charge >= 0.3 is 0 Å². The van der Waals surface area contributed by atoms with E-state index in [1.807, 2.05) is 0 Å². The molecule has 2 N–H and O–H groups in total. The van der Waals surface area contributed by atoms with Crippen LogP contribution in [0.3, 0.4) is 0 Å². The van der Waals surface area contributed by atoms with Crippen molar-refractivity contribution < 1.29 is 0 Å². The molecule has 0 saturated heterocycles. The van der Waals surface area contributed by atoms with E-state index in [0.717, 1.165) is 18.3 Å². The fourth-order valence-corrected chi connectivity index (χ4v) is 4.03. The Labute approximate surface area is 112 Å². The molecule has 2 heteroatoms. The maximum atomic E-state index is 6.20. The molecule has 2 rings (SSSR count). The van der Waals surface area contributed by atoms with Gasteiger partial charge in [-0.05, 0) is 43.4 Å². The SMILES string of the molecule is CC(C)CC1(CN=C(N)C2CCCC2)CCCC1. The summed E-state index contributed by atoms with van der Waals surface area (Å²) < 4.78 is 0.